The first-order chi connectivity index (χ1) is 12.2. The number of benzene rings is 2. The van der Waals surface area contributed by atoms with E-state index in [1.54, 1.807) is 19.1 Å². The molecule has 0 aliphatic heterocycles. The van der Waals surface area contributed by atoms with Crippen molar-refractivity contribution in [3.63, 3.8) is 0 Å². The third-order valence-corrected chi connectivity index (χ3v) is 3.88. The monoisotopic (exact) mass is 342 g/mol. The van der Waals surface area contributed by atoms with Gasteiger partial charge in [0.25, 0.3) is 0 Å². The van der Waals surface area contributed by atoms with Gasteiger partial charge in [-0.05, 0) is 41.8 Å². The van der Waals surface area contributed by atoms with E-state index in [4.69, 9.17) is 9.47 Å². The third kappa shape index (κ3) is 5.71. The molecular weight excluding hydrogens is 316 g/mol. The quantitative estimate of drug-likeness (QED) is 0.793. The fourth-order valence-corrected chi connectivity index (χ4v) is 2.45. The molecule has 0 fully saturated rings. The Labute approximate surface area is 149 Å². The van der Waals surface area contributed by atoms with Gasteiger partial charge >= 0.3 is 6.03 Å². The van der Waals surface area contributed by atoms with Crippen molar-refractivity contribution in [3.8, 4) is 11.5 Å². The Hall–Kier alpha value is -2.69. The molecule has 2 rings (SSSR count). The lowest BCUT2D eigenvalue weighted by Crippen LogP contribution is -2.39. The van der Waals surface area contributed by atoms with Gasteiger partial charge in [-0.3, -0.25) is 0 Å². The van der Waals surface area contributed by atoms with Crippen molar-refractivity contribution >= 4 is 6.03 Å². The number of urea groups is 1. The van der Waals surface area contributed by atoms with Crippen LogP contribution in [-0.2, 0) is 13.1 Å². The molecule has 2 amide bonds. The van der Waals surface area contributed by atoms with E-state index in [9.17, 15) is 4.79 Å². The summed E-state index contributed by atoms with van der Waals surface area (Å²) in [5.41, 5.74) is 2.11. The summed E-state index contributed by atoms with van der Waals surface area (Å²) < 4.78 is 10.4. The molecule has 0 spiro atoms. The Kier molecular flexibility index (Phi) is 7.14. The zero-order valence-corrected chi connectivity index (χ0v) is 15.1. The van der Waals surface area contributed by atoms with Gasteiger partial charge in [0, 0.05) is 19.6 Å². The summed E-state index contributed by atoms with van der Waals surface area (Å²) in [6.45, 7) is 3.77. The molecule has 2 aromatic carbocycles. The van der Waals surface area contributed by atoms with Crippen LogP contribution in [0.15, 0.2) is 48.5 Å². The van der Waals surface area contributed by atoms with E-state index in [0.717, 1.165) is 29.0 Å². The first-order valence-electron chi connectivity index (χ1n) is 8.45. The second-order valence-electron chi connectivity index (χ2n) is 5.78. The average Bonchev–Trinajstić information content (AvgIpc) is 2.66. The normalized spacial score (nSPS) is 10.2. The Morgan fingerprint density at radius 2 is 1.32 bits per heavy atom. The molecule has 0 saturated heterocycles. The third-order valence-electron chi connectivity index (χ3n) is 3.88. The molecule has 0 aliphatic rings. The number of ether oxygens (including phenoxy) is 2. The van der Waals surface area contributed by atoms with E-state index >= 15 is 0 Å². The van der Waals surface area contributed by atoms with Gasteiger partial charge in [-0.25, -0.2) is 4.79 Å². The van der Waals surface area contributed by atoms with Gasteiger partial charge in [0.15, 0.2) is 0 Å². The van der Waals surface area contributed by atoms with Crippen LogP contribution in [-0.4, -0.2) is 31.7 Å². The largest absolute Gasteiger partial charge is 0.497 e. The van der Waals surface area contributed by atoms with Gasteiger partial charge in [0.1, 0.15) is 11.5 Å². The molecule has 0 radical (unpaired) electrons. The van der Waals surface area contributed by atoms with Crippen LogP contribution in [0.1, 0.15) is 24.5 Å². The fraction of sp³-hybridized carbons (Fsp3) is 0.350. The van der Waals surface area contributed by atoms with E-state index < -0.39 is 0 Å². The van der Waals surface area contributed by atoms with E-state index in [1.807, 2.05) is 55.5 Å². The summed E-state index contributed by atoms with van der Waals surface area (Å²) in [5, 5.41) is 2.96. The lowest BCUT2D eigenvalue weighted by Gasteiger charge is -2.23. The molecule has 0 aliphatic carbocycles. The molecule has 0 saturated carbocycles. The number of hydrogen-bond donors (Lipinski definition) is 1. The molecule has 0 bridgehead atoms. The number of methoxy groups -OCH3 is 2. The van der Waals surface area contributed by atoms with Gasteiger partial charge in [0.2, 0.25) is 0 Å². The molecule has 0 heterocycles. The number of carbonyl (C=O) groups excluding carboxylic acids is 1. The first kappa shape index (κ1) is 18.6. The second kappa shape index (κ2) is 9.57. The minimum absolute atomic E-state index is 0.0616. The van der Waals surface area contributed by atoms with Crippen LogP contribution in [0.4, 0.5) is 4.79 Å². The Morgan fingerprint density at radius 1 is 0.880 bits per heavy atom. The average molecular weight is 342 g/mol. The molecule has 5 nitrogen and oxygen atoms in total. The summed E-state index contributed by atoms with van der Waals surface area (Å²) in [4.78, 5) is 14.3. The van der Waals surface area contributed by atoms with Crippen molar-refractivity contribution in [1.82, 2.24) is 10.2 Å². The van der Waals surface area contributed by atoms with Crippen molar-refractivity contribution in [2.24, 2.45) is 0 Å². The summed E-state index contributed by atoms with van der Waals surface area (Å²) in [6, 6.07) is 15.5. The maximum absolute atomic E-state index is 12.5. The molecule has 0 unspecified atom stereocenters. The van der Waals surface area contributed by atoms with Crippen molar-refractivity contribution < 1.29 is 14.3 Å². The van der Waals surface area contributed by atoms with E-state index in [1.165, 1.54) is 0 Å². The highest BCUT2D eigenvalue weighted by molar-refractivity contribution is 5.74. The van der Waals surface area contributed by atoms with Gasteiger partial charge in [0.05, 0.1) is 14.2 Å². The van der Waals surface area contributed by atoms with Crippen molar-refractivity contribution in [2.45, 2.75) is 26.4 Å². The number of amides is 2. The van der Waals surface area contributed by atoms with Crippen molar-refractivity contribution in [2.75, 3.05) is 20.8 Å². The molecule has 5 heteroatoms. The van der Waals surface area contributed by atoms with Crippen LogP contribution in [0.3, 0.4) is 0 Å². The van der Waals surface area contributed by atoms with Gasteiger partial charge < -0.3 is 19.7 Å². The first-order valence-corrected chi connectivity index (χ1v) is 8.45. The molecule has 0 atom stereocenters. The zero-order chi connectivity index (χ0) is 18.1. The summed E-state index contributed by atoms with van der Waals surface area (Å²) in [7, 11) is 3.28. The van der Waals surface area contributed by atoms with Gasteiger partial charge in [-0.2, -0.15) is 0 Å². The highest BCUT2D eigenvalue weighted by Crippen LogP contribution is 2.17. The Balaban J connectivity index is 2.11. The zero-order valence-electron chi connectivity index (χ0n) is 15.1. The maximum atomic E-state index is 12.5. The Morgan fingerprint density at radius 3 is 1.68 bits per heavy atom. The lowest BCUT2D eigenvalue weighted by atomic mass is 10.1. The maximum Gasteiger partial charge on any atom is 0.318 e. The van der Waals surface area contributed by atoms with Crippen molar-refractivity contribution in [3.05, 3.63) is 59.7 Å². The molecule has 25 heavy (non-hydrogen) atoms. The predicted octanol–water partition coefficient (Wildman–Crippen LogP) is 3.83. The molecule has 134 valence electrons. The number of carbonyl (C=O) groups is 1. The van der Waals surface area contributed by atoms with Gasteiger partial charge in [-0.15, -0.1) is 0 Å². The van der Waals surface area contributed by atoms with Crippen LogP contribution in [0.25, 0.3) is 0 Å². The fourth-order valence-electron chi connectivity index (χ4n) is 2.45. The SMILES string of the molecule is CCCNC(=O)N(Cc1ccc(OC)cc1)Cc1ccc(OC)cc1. The van der Waals surface area contributed by atoms with E-state index in [2.05, 4.69) is 5.32 Å². The minimum Gasteiger partial charge on any atom is -0.497 e. The molecule has 0 aromatic heterocycles. The smallest absolute Gasteiger partial charge is 0.318 e. The van der Waals surface area contributed by atoms with Crippen LogP contribution < -0.4 is 14.8 Å². The topological polar surface area (TPSA) is 50.8 Å². The standard InChI is InChI=1S/C20H26N2O3/c1-4-13-21-20(23)22(14-16-5-9-18(24-2)10-6-16)15-17-7-11-19(25-3)12-8-17/h5-12H,4,13-15H2,1-3H3,(H,21,23). The van der Waals surface area contributed by atoms with Crippen molar-refractivity contribution in [1.29, 1.82) is 0 Å². The van der Waals surface area contributed by atoms with E-state index in [0.29, 0.717) is 19.6 Å². The number of nitrogens with zero attached hydrogens (tertiary/aromatic N) is 1. The summed E-state index contributed by atoms with van der Waals surface area (Å²) in [5.74, 6) is 1.61. The summed E-state index contributed by atoms with van der Waals surface area (Å²) >= 11 is 0. The van der Waals surface area contributed by atoms with Gasteiger partial charge in [-0.1, -0.05) is 31.2 Å². The van der Waals surface area contributed by atoms with E-state index in [-0.39, 0.29) is 6.03 Å². The number of hydrogen-bond acceptors (Lipinski definition) is 3. The predicted molar refractivity (Wildman–Crippen MR) is 98.9 cm³/mol. The Bertz CT molecular complexity index is 604. The number of nitrogens with one attached hydrogen (secondary N) is 1. The molecular formula is C20H26N2O3. The summed E-state index contributed by atoms with van der Waals surface area (Å²) in [6.07, 6.45) is 0.907. The van der Waals surface area contributed by atoms with Crippen LogP contribution in [0.2, 0.25) is 0 Å². The van der Waals surface area contributed by atoms with Crippen LogP contribution in [0, 0.1) is 0 Å². The second-order valence-corrected chi connectivity index (χ2v) is 5.78. The minimum atomic E-state index is -0.0616. The lowest BCUT2D eigenvalue weighted by molar-refractivity contribution is 0.192. The van der Waals surface area contributed by atoms with Crippen LogP contribution >= 0.6 is 0 Å². The van der Waals surface area contributed by atoms with Crippen LogP contribution in [0.5, 0.6) is 11.5 Å². The highest BCUT2D eigenvalue weighted by atomic mass is 16.5. The molecule has 2 aromatic rings. The molecule has 1 N–H and O–H groups in total. The number of rotatable bonds is 8. The highest BCUT2D eigenvalue weighted by Gasteiger charge is 2.14.